The number of nitrogens with one attached hydrogen (secondary N) is 1. The van der Waals surface area contributed by atoms with Gasteiger partial charge in [-0.1, -0.05) is 29.8 Å². The first-order valence-corrected chi connectivity index (χ1v) is 10.2. The topological polar surface area (TPSA) is 74.6 Å². The van der Waals surface area contributed by atoms with Crippen LogP contribution in [0.15, 0.2) is 66.7 Å². The van der Waals surface area contributed by atoms with Crippen LogP contribution in [-0.2, 0) is 17.9 Å². The Bertz CT molecular complexity index is 1210. The first kappa shape index (κ1) is 21.2. The number of rotatable bonds is 8. The van der Waals surface area contributed by atoms with Crippen LogP contribution in [-0.4, -0.2) is 29.7 Å². The summed E-state index contributed by atoms with van der Waals surface area (Å²) < 4.78 is 18.4. The number of anilines is 1. The molecule has 1 amide bonds. The number of nitrogens with zero attached hydrogens (tertiary/aromatic N) is 2. The van der Waals surface area contributed by atoms with Crippen LogP contribution in [0.5, 0.6) is 17.2 Å². The largest absolute Gasteiger partial charge is 0.497 e. The molecule has 1 heterocycles. The number of carbonyl (C=O) groups is 1. The normalized spacial score (nSPS) is 10.7. The van der Waals surface area contributed by atoms with Crippen molar-refractivity contribution in [3.8, 4) is 17.2 Å². The van der Waals surface area contributed by atoms with Crippen LogP contribution in [0, 0.1) is 6.92 Å². The second-order valence-corrected chi connectivity index (χ2v) is 7.35. The summed E-state index contributed by atoms with van der Waals surface area (Å²) in [6.07, 6.45) is 0. The molecular formula is C25H25N3O4. The quantitative estimate of drug-likeness (QED) is 0.442. The van der Waals surface area contributed by atoms with Crippen LogP contribution in [0.2, 0.25) is 0 Å². The van der Waals surface area contributed by atoms with Crippen molar-refractivity contribution < 1.29 is 19.0 Å². The Labute approximate surface area is 186 Å². The minimum atomic E-state index is -0.194. The number of methoxy groups -OCH3 is 2. The molecular weight excluding hydrogens is 406 g/mol. The van der Waals surface area contributed by atoms with Gasteiger partial charge in [0.2, 0.25) is 5.91 Å². The van der Waals surface area contributed by atoms with E-state index in [0.29, 0.717) is 23.0 Å². The molecule has 0 spiro atoms. The number of para-hydroxylation sites is 2. The van der Waals surface area contributed by atoms with E-state index in [1.807, 2.05) is 60.0 Å². The minimum absolute atomic E-state index is 0.0899. The van der Waals surface area contributed by atoms with Crippen LogP contribution < -0.4 is 19.5 Å². The zero-order chi connectivity index (χ0) is 22.5. The van der Waals surface area contributed by atoms with Crippen LogP contribution >= 0.6 is 0 Å². The van der Waals surface area contributed by atoms with Crippen molar-refractivity contribution in [1.82, 2.24) is 9.55 Å². The molecule has 0 atom stereocenters. The van der Waals surface area contributed by atoms with Gasteiger partial charge in [0, 0.05) is 23.9 Å². The Balaban J connectivity index is 1.55. The zero-order valence-electron chi connectivity index (χ0n) is 18.3. The molecule has 32 heavy (non-hydrogen) atoms. The highest BCUT2D eigenvalue weighted by atomic mass is 16.5. The maximum absolute atomic E-state index is 12.9. The number of ether oxygens (including phenoxy) is 3. The Hall–Kier alpha value is -4.00. The summed E-state index contributed by atoms with van der Waals surface area (Å²) in [5.41, 5.74) is 3.43. The van der Waals surface area contributed by atoms with Crippen molar-refractivity contribution in [1.29, 1.82) is 0 Å². The Morgan fingerprint density at radius 3 is 2.31 bits per heavy atom. The SMILES string of the molecule is COc1cc(NC(=O)Cn2c(COc3ccc(C)cc3)nc3ccccc32)cc(OC)c1. The van der Waals surface area contributed by atoms with E-state index in [4.69, 9.17) is 14.2 Å². The molecule has 7 heteroatoms. The van der Waals surface area contributed by atoms with Gasteiger partial charge in [0.15, 0.2) is 0 Å². The number of fused-ring (bicyclic) bond motifs is 1. The van der Waals surface area contributed by atoms with E-state index in [2.05, 4.69) is 10.3 Å². The van der Waals surface area contributed by atoms with E-state index in [9.17, 15) is 4.79 Å². The number of aryl methyl sites for hydroxylation is 1. The van der Waals surface area contributed by atoms with E-state index < -0.39 is 0 Å². The fraction of sp³-hybridized carbons (Fsp3) is 0.200. The molecule has 0 fully saturated rings. The maximum atomic E-state index is 12.9. The fourth-order valence-electron chi connectivity index (χ4n) is 3.42. The third-order valence-electron chi connectivity index (χ3n) is 5.06. The average molecular weight is 431 g/mol. The van der Waals surface area contributed by atoms with Gasteiger partial charge in [0.05, 0.1) is 25.3 Å². The predicted molar refractivity (Wildman–Crippen MR) is 123 cm³/mol. The van der Waals surface area contributed by atoms with Crippen LogP contribution in [0.3, 0.4) is 0 Å². The highest BCUT2D eigenvalue weighted by Gasteiger charge is 2.15. The molecule has 0 aliphatic carbocycles. The maximum Gasteiger partial charge on any atom is 0.244 e. The monoisotopic (exact) mass is 431 g/mol. The van der Waals surface area contributed by atoms with Crippen molar-refractivity contribution in [2.45, 2.75) is 20.1 Å². The van der Waals surface area contributed by atoms with Crippen molar-refractivity contribution in [2.24, 2.45) is 0 Å². The zero-order valence-corrected chi connectivity index (χ0v) is 18.3. The van der Waals surface area contributed by atoms with Gasteiger partial charge in [-0.3, -0.25) is 4.79 Å². The Morgan fingerprint density at radius 1 is 0.938 bits per heavy atom. The predicted octanol–water partition coefficient (Wildman–Crippen LogP) is 4.58. The van der Waals surface area contributed by atoms with Crippen LogP contribution in [0.1, 0.15) is 11.4 Å². The van der Waals surface area contributed by atoms with Crippen molar-refractivity contribution >= 4 is 22.6 Å². The van der Waals surface area contributed by atoms with E-state index >= 15 is 0 Å². The summed E-state index contributed by atoms with van der Waals surface area (Å²) in [6, 6.07) is 20.8. The Kier molecular flexibility index (Phi) is 6.26. The van der Waals surface area contributed by atoms with Gasteiger partial charge in [-0.15, -0.1) is 0 Å². The molecule has 1 aromatic heterocycles. The second kappa shape index (κ2) is 9.43. The molecule has 4 aromatic rings. The molecule has 0 aliphatic heterocycles. The lowest BCUT2D eigenvalue weighted by atomic mass is 10.2. The molecule has 0 saturated carbocycles. The van der Waals surface area contributed by atoms with Crippen LogP contribution in [0.25, 0.3) is 11.0 Å². The standard InChI is InChI=1S/C25H25N3O4/c1-17-8-10-19(11-9-17)32-16-24-27-22-6-4-5-7-23(22)28(24)15-25(29)26-18-12-20(30-2)14-21(13-18)31-3/h4-14H,15-16H2,1-3H3,(H,26,29). The lowest BCUT2D eigenvalue weighted by Gasteiger charge is -2.12. The summed E-state index contributed by atoms with van der Waals surface area (Å²) in [5, 5.41) is 2.91. The van der Waals surface area contributed by atoms with Crippen molar-refractivity contribution in [3.63, 3.8) is 0 Å². The summed E-state index contributed by atoms with van der Waals surface area (Å²) in [7, 11) is 3.14. The summed E-state index contributed by atoms with van der Waals surface area (Å²) in [5.74, 6) is 2.42. The highest BCUT2D eigenvalue weighted by molar-refractivity contribution is 5.92. The number of carbonyl (C=O) groups excluding carboxylic acids is 1. The number of amides is 1. The first-order valence-electron chi connectivity index (χ1n) is 10.2. The molecule has 0 saturated heterocycles. The molecule has 0 unspecified atom stereocenters. The minimum Gasteiger partial charge on any atom is -0.497 e. The van der Waals surface area contributed by atoms with Crippen molar-refractivity contribution in [3.05, 3.63) is 78.1 Å². The molecule has 3 aromatic carbocycles. The third kappa shape index (κ3) is 4.83. The van der Waals surface area contributed by atoms with Gasteiger partial charge in [-0.2, -0.15) is 0 Å². The third-order valence-corrected chi connectivity index (χ3v) is 5.06. The Morgan fingerprint density at radius 2 is 1.62 bits per heavy atom. The number of aromatic nitrogens is 2. The number of imidazole rings is 1. The highest BCUT2D eigenvalue weighted by Crippen LogP contribution is 2.26. The molecule has 0 radical (unpaired) electrons. The number of benzene rings is 3. The van der Waals surface area contributed by atoms with Crippen molar-refractivity contribution in [2.75, 3.05) is 19.5 Å². The average Bonchev–Trinajstić information content (AvgIpc) is 3.15. The molecule has 0 aliphatic rings. The molecule has 7 nitrogen and oxygen atoms in total. The smallest absolute Gasteiger partial charge is 0.244 e. The molecule has 4 rings (SSSR count). The summed E-state index contributed by atoms with van der Waals surface area (Å²) in [4.78, 5) is 17.6. The van der Waals surface area contributed by atoms with Gasteiger partial charge in [0.1, 0.15) is 36.2 Å². The van der Waals surface area contributed by atoms with Gasteiger partial charge < -0.3 is 24.1 Å². The van der Waals surface area contributed by atoms with Crippen LogP contribution in [0.4, 0.5) is 5.69 Å². The van der Waals surface area contributed by atoms with Gasteiger partial charge >= 0.3 is 0 Å². The second-order valence-electron chi connectivity index (χ2n) is 7.35. The molecule has 1 N–H and O–H groups in total. The number of hydrogen-bond donors (Lipinski definition) is 1. The van der Waals surface area contributed by atoms with E-state index in [1.54, 1.807) is 32.4 Å². The molecule has 164 valence electrons. The van der Waals surface area contributed by atoms with E-state index in [-0.39, 0.29) is 19.1 Å². The van der Waals surface area contributed by atoms with Gasteiger partial charge in [-0.05, 0) is 31.2 Å². The lowest BCUT2D eigenvalue weighted by molar-refractivity contribution is -0.116. The summed E-state index contributed by atoms with van der Waals surface area (Å²) in [6.45, 7) is 2.37. The van der Waals surface area contributed by atoms with E-state index in [1.165, 1.54) is 0 Å². The van der Waals surface area contributed by atoms with Gasteiger partial charge in [0.25, 0.3) is 0 Å². The van der Waals surface area contributed by atoms with E-state index in [0.717, 1.165) is 22.3 Å². The lowest BCUT2D eigenvalue weighted by Crippen LogP contribution is -2.20. The summed E-state index contributed by atoms with van der Waals surface area (Å²) >= 11 is 0. The van der Waals surface area contributed by atoms with Gasteiger partial charge in [-0.25, -0.2) is 4.98 Å². The fourth-order valence-corrected chi connectivity index (χ4v) is 3.42. The number of hydrogen-bond acceptors (Lipinski definition) is 5. The molecule has 0 bridgehead atoms. The first-order chi connectivity index (χ1) is 15.6.